The summed E-state index contributed by atoms with van der Waals surface area (Å²) in [5, 5.41) is 2.79. The van der Waals surface area contributed by atoms with Crippen molar-refractivity contribution in [1.82, 2.24) is 9.88 Å². The third kappa shape index (κ3) is 5.74. The highest BCUT2D eigenvalue weighted by molar-refractivity contribution is 7.99. The third-order valence-electron chi connectivity index (χ3n) is 4.71. The summed E-state index contributed by atoms with van der Waals surface area (Å²) in [7, 11) is 0. The predicted molar refractivity (Wildman–Crippen MR) is 104 cm³/mol. The minimum Gasteiger partial charge on any atom is -0.322 e. The van der Waals surface area contributed by atoms with E-state index in [0.717, 1.165) is 25.6 Å². The highest BCUT2D eigenvalue weighted by Gasteiger charge is 2.17. The molecule has 7 heteroatoms. The molecule has 0 spiro atoms. The van der Waals surface area contributed by atoms with E-state index in [0.29, 0.717) is 5.69 Å². The second-order valence-corrected chi connectivity index (χ2v) is 7.82. The van der Waals surface area contributed by atoms with Crippen molar-refractivity contribution in [2.45, 2.75) is 37.1 Å². The molecular weight excluding hydrogens is 368 g/mol. The molecule has 1 fully saturated rings. The zero-order valence-electron chi connectivity index (χ0n) is 15.2. The number of thioether (sulfide) groups is 1. The standard InChI is InChI=1S/C20H23F2N3OS/c1-14-8-11-25(12-9-14)13-15-4-6-16(7-5-15)24-18(26)17-3-2-10-23-19(17)27-20(21)22/h2-7,10,14,20H,8-9,11-13H2,1H3,(H,24,26). The summed E-state index contributed by atoms with van der Waals surface area (Å²) < 4.78 is 25.3. The fraction of sp³-hybridized carbons (Fsp3) is 0.400. The van der Waals surface area contributed by atoms with E-state index in [1.807, 2.05) is 24.3 Å². The van der Waals surface area contributed by atoms with Crippen LogP contribution in [-0.4, -0.2) is 34.6 Å². The van der Waals surface area contributed by atoms with Crippen molar-refractivity contribution in [3.8, 4) is 0 Å². The zero-order valence-corrected chi connectivity index (χ0v) is 16.0. The minimum absolute atomic E-state index is 0.0287. The normalized spacial score (nSPS) is 15.9. The van der Waals surface area contributed by atoms with Gasteiger partial charge in [0, 0.05) is 18.4 Å². The van der Waals surface area contributed by atoms with Gasteiger partial charge in [0.1, 0.15) is 5.03 Å². The molecule has 1 amide bonds. The summed E-state index contributed by atoms with van der Waals surface area (Å²) in [6.07, 6.45) is 3.87. The van der Waals surface area contributed by atoms with Crippen LogP contribution in [0.4, 0.5) is 14.5 Å². The van der Waals surface area contributed by atoms with Crippen LogP contribution in [0.1, 0.15) is 35.7 Å². The van der Waals surface area contributed by atoms with Crippen molar-refractivity contribution in [2.24, 2.45) is 5.92 Å². The van der Waals surface area contributed by atoms with Crippen LogP contribution in [0.25, 0.3) is 0 Å². The van der Waals surface area contributed by atoms with Crippen LogP contribution in [0.3, 0.4) is 0 Å². The number of alkyl halides is 2. The highest BCUT2D eigenvalue weighted by atomic mass is 32.2. The topological polar surface area (TPSA) is 45.2 Å². The van der Waals surface area contributed by atoms with E-state index in [9.17, 15) is 13.6 Å². The van der Waals surface area contributed by atoms with Crippen molar-refractivity contribution < 1.29 is 13.6 Å². The quantitative estimate of drug-likeness (QED) is 0.713. The molecule has 1 aromatic heterocycles. The minimum atomic E-state index is -2.62. The number of carbonyl (C=O) groups is 1. The first kappa shape index (κ1) is 19.8. The van der Waals surface area contributed by atoms with Crippen LogP contribution >= 0.6 is 11.8 Å². The first-order chi connectivity index (χ1) is 13.0. The van der Waals surface area contributed by atoms with E-state index >= 15 is 0 Å². The van der Waals surface area contributed by atoms with Gasteiger partial charge >= 0.3 is 0 Å². The summed E-state index contributed by atoms with van der Waals surface area (Å²) in [6.45, 7) is 5.43. The summed E-state index contributed by atoms with van der Waals surface area (Å²) in [4.78, 5) is 18.8. The third-order valence-corrected chi connectivity index (χ3v) is 5.44. The molecule has 27 heavy (non-hydrogen) atoms. The number of piperidine rings is 1. The molecular formula is C20H23F2N3OS. The van der Waals surface area contributed by atoms with Crippen molar-refractivity contribution in [3.05, 3.63) is 53.7 Å². The Morgan fingerprint density at radius 2 is 1.96 bits per heavy atom. The number of halogens is 2. The molecule has 0 saturated carbocycles. The van der Waals surface area contributed by atoms with Crippen molar-refractivity contribution in [1.29, 1.82) is 0 Å². The number of hydrogen-bond donors (Lipinski definition) is 1. The number of rotatable bonds is 6. The largest absolute Gasteiger partial charge is 0.322 e. The molecule has 3 rings (SSSR count). The van der Waals surface area contributed by atoms with E-state index in [1.54, 1.807) is 6.07 Å². The molecule has 1 saturated heterocycles. The number of likely N-dealkylation sites (tertiary alicyclic amines) is 1. The van der Waals surface area contributed by atoms with Crippen molar-refractivity contribution in [3.63, 3.8) is 0 Å². The van der Waals surface area contributed by atoms with Gasteiger partial charge < -0.3 is 5.32 Å². The Labute approximate surface area is 162 Å². The first-order valence-electron chi connectivity index (χ1n) is 9.03. The summed E-state index contributed by atoms with van der Waals surface area (Å²) in [6, 6.07) is 10.7. The Hall–Kier alpha value is -1.99. The summed E-state index contributed by atoms with van der Waals surface area (Å²) in [5.41, 5.74) is 1.97. The molecule has 2 heterocycles. The van der Waals surface area contributed by atoms with Crippen LogP contribution in [0.15, 0.2) is 47.6 Å². The summed E-state index contributed by atoms with van der Waals surface area (Å²) >= 11 is 0.275. The van der Waals surface area contributed by atoms with E-state index < -0.39 is 11.7 Å². The number of pyridine rings is 1. The maximum Gasteiger partial charge on any atom is 0.290 e. The second kappa shape index (κ2) is 9.28. The molecule has 4 nitrogen and oxygen atoms in total. The van der Waals surface area contributed by atoms with E-state index in [2.05, 4.69) is 22.1 Å². The van der Waals surface area contributed by atoms with Crippen molar-refractivity contribution in [2.75, 3.05) is 18.4 Å². The molecule has 1 aliphatic rings. The number of amides is 1. The fourth-order valence-corrected chi connectivity index (χ4v) is 3.69. The van der Waals surface area contributed by atoms with Crippen LogP contribution in [0, 0.1) is 5.92 Å². The molecule has 0 aliphatic carbocycles. The fourth-order valence-electron chi connectivity index (χ4n) is 3.11. The number of anilines is 1. The number of carbonyl (C=O) groups excluding carboxylic acids is 1. The van der Waals surface area contributed by atoms with Gasteiger partial charge in [-0.15, -0.1) is 0 Å². The highest BCUT2D eigenvalue weighted by Crippen LogP contribution is 2.27. The molecule has 1 N–H and O–H groups in total. The predicted octanol–water partition coefficient (Wildman–Crippen LogP) is 4.88. The number of nitrogens with one attached hydrogen (secondary N) is 1. The zero-order chi connectivity index (χ0) is 19.2. The summed E-state index contributed by atoms with van der Waals surface area (Å²) in [5.74, 6) is -2.26. The molecule has 144 valence electrons. The molecule has 0 bridgehead atoms. The van der Waals surface area contributed by atoms with E-state index in [-0.39, 0.29) is 22.4 Å². The van der Waals surface area contributed by atoms with Gasteiger partial charge in [-0.1, -0.05) is 19.1 Å². The van der Waals surface area contributed by atoms with E-state index in [1.165, 1.54) is 30.7 Å². The average Bonchev–Trinajstić information content (AvgIpc) is 2.65. The van der Waals surface area contributed by atoms with Gasteiger partial charge in [0.25, 0.3) is 11.7 Å². The van der Waals surface area contributed by atoms with Crippen molar-refractivity contribution >= 4 is 23.4 Å². The van der Waals surface area contributed by atoms with Gasteiger partial charge in [0.05, 0.1) is 5.56 Å². The molecule has 1 aliphatic heterocycles. The Bertz CT molecular complexity index is 762. The average molecular weight is 391 g/mol. The number of nitrogens with zero attached hydrogens (tertiary/aromatic N) is 2. The molecule has 0 unspecified atom stereocenters. The lowest BCUT2D eigenvalue weighted by Crippen LogP contribution is -2.32. The van der Waals surface area contributed by atoms with Crippen LogP contribution in [0.2, 0.25) is 0 Å². The van der Waals surface area contributed by atoms with Crippen LogP contribution < -0.4 is 5.32 Å². The Balaban J connectivity index is 1.60. The maximum absolute atomic E-state index is 12.6. The lowest BCUT2D eigenvalue weighted by atomic mass is 9.99. The second-order valence-electron chi connectivity index (χ2n) is 6.84. The van der Waals surface area contributed by atoms with Gasteiger partial charge in [0.2, 0.25) is 0 Å². The van der Waals surface area contributed by atoms with Gasteiger partial charge in [-0.3, -0.25) is 9.69 Å². The lowest BCUT2D eigenvalue weighted by Gasteiger charge is -2.30. The lowest BCUT2D eigenvalue weighted by molar-refractivity contribution is 0.102. The molecule has 0 atom stereocenters. The number of aromatic nitrogens is 1. The Morgan fingerprint density at radius 3 is 2.63 bits per heavy atom. The maximum atomic E-state index is 12.6. The van der Waals surface area contributed by atoms with Crippen LogP contribution in [-0.2, 0) is 6.54 Å². The molecule has 1 aromatic carbocycles. The van der Waals surface area contributed by atoms with Gasteiger partial charge in [-0.25, -0.2) is 4.98 Å². The molecule has 0 radical (unpaired) electrons. The SMILES string of the molecule is CC1CCN(Cc2ccc(NC(=O)c3cccnc3SC(F)F)cc2)CC1. The Kier molecular flexibility index (Phi) is 6.79. The monoisotopic (exact) mass is 391 g/mol. The smallest absolute Gasteiger partial charge is 0.290 e. The van der Waals surface area contributed by atoms with Gasteiger partial charge in [-0.05, 0) is 73.4 Å². The van der Waals surface area contributed by atoms with Gasteiger partial charge in [-0.2, -0.15) is 8.78 Å². The van der Waals surface area contributed by atoms with E-state index in [4.69, 9.17) is 0 Å². The van der Waals surface area contributed by atoms with Gasteiger partial charge in [0.15, 0.2) is 0 Å². The molecule has 2 aromatic rings. The number of hydrogen-bond acceptors (Lipinski definition) is 4. The first-order valence-corrected chi connectivity index (χ1v) is 9.91. The Morgan fingerprint density at radius 1 is 1.26 bits per heavy atom. The number of benzene rings is 1. The van der Waals surface area contributed by atoms with Crippen LogP contribution in [0.5, 0.6) is 0 Å².